The molecule has 0 aliphatic rings. The summed E-state index contributed by atoms with van der Waals surface area (Å²) in [5.74, 6) is 1.47. The van der Waals surface area contributed by atoms with E-state index >= 15 is 0 Å². The maximum absolute atomic E-state index is 5.90. The van der Waals surface area contributed by atoms with Gasteiger partial charge in [-0.1, -0.05) is 27.2 Å². The third-order valence-electron chi connectivity index (χ3n) is 3.29. The summed E-state index contributed by atoms with van der Waals surface area (Å²) in [6, 6.07) is 6.27. The SMILES string of the molecule is CCCOc1cc(N)cc(NC(C)C(C)CC)c1. The third kappa shape index (κ3) is 4.47. The van der Waals surface area contributed by atoms with E-state index in [1.165, 1.54) is 0 Å². The van der Waals surface area contributed by atoms with Gasteiger partial charge in [0.1, 0.15) is 5.75 Å². The molecule has 0 spiro atoms. The lowest BCUT2D eigenvalue weighted by Crippen LogP contribution is -2.23. The van der Waals surface area contributed by atoms with E-state index in [-0.39, 0.29) is 0 Å². The second-order valence-electron chi connectivity index (χ2n) is 4.96. The van der Waals surface area contributed by atoms with Crippen LogP contribution < -0.4 is 15.8 Å². The Balaban J connectivity index is 2.73. The van der Waals surface area contributed by atoms with Crippen molar-refractivity contribution in [1.82, 2.24) is 0 Å². The smallest absolute Gasteiger partial charge is 0.123 e. The minimum atomic E-state index is 0.427. The summed E-state index contributed by atoms with van der Waals surface area (Å²) in [5, 5.41) is 3.49. The fourth-order valence-electron chi connectivity index (χ4n) is 1.77. The van der Waals surface area contributed by atoms with Crippen molar-refractivity contribution in [3.05, 3.63) is 18.2 Å². The second-order valence-corrected chi connectivity index (χ2v) is 4.96. The molecule has 18 heavy (non-hydrogen) atoms. The van der Waals surface area contributed by atoms with Crippen LogP contribution in [0.1, 0.15) is 40.5 Å². The highest BCUT2D eigenvalue weighted by Gasteiger charge is 2.10. The number of hydrogen-bond donors (Lipinski definition) is 2. The molecular weight excluding hydrogens is 224 g/mol. The van der Waals surface area contributed by atoms with Crippen molar-refractivity contribution >= 4 is 11.4 Å². The summed E-state index contributed by atoms with van der Waals surface area (Å²) in [6.07, 6.45) is 2.16. The molecule has 1 rings (SSSR count). The minimum Gasteiger partial charge on any atom is -0.493 e. The Morgan fingerprint density at radius 2 is 1.94 bits per heavy atom. The van der Waals surface area contributed by atoms with Crippen LogP contribution in [0.5, 0.6) is 5.75 Å². The Kier molecular flexibility index (Phi) is 5.83. The van der Waals surface area contributed by atoms with E-state index in [0.717, 1.165) is 36.6 Å². The second kappa shape index (κ2) is 7.14. The van der Waals surface area contributed by atoms with E-state index in [9.17, 15) is 0 Å². The first-order chi connectivity index (χ1) is 8.56. The van der Waals surface area contributed by atoms with E-state index < -0.39 is 0 Å². The number of anilines is 2. The zero-order valence-corrected chi connectivity index (χ0v) is 12.0. The van der Waals surface area contributed by atoms with Crippen LogP contribution in [-0.2, 0) is 0 Å². The fraction of sp³-hybridized carbons (Fsp3) is 0.600. The van der Waals surface area contributed by atoms with Gasteiger partial charge >= 0.3 is 0 Å². The number of ether oxygens (including phenoxy) is 1. The highest BCUT2D eigenvalue weighted by Crippen LogP contribution is 2.24. The van der Waals surface area contributed by atoms with Gasteiger partial charge in [0.2, 0.25) is 0 Å². The van der Waals surface area contributed by atoms with Gasteiger partial charge in [0.25, 0.3) is 0 Å². The largest absolute Gasteiger partial charge is 0.493 e. The van der Waals surface area contributed by atoms with Crippen LogP contribution in [0, 0.1) is 5.92 Å². The molecule has 3 heteroatoms. The lowest BCUT2D eigenvalue weighted by molar-refractivity contribution is 0.317. The summed E-state index contributed by atoms with van der Waals surface area (Å²) >= 11 is 0. The Morgan fingerprint density at radius 3 is 2.56 bits per heavy atom. The summed E-state index contributed by atoms with van der Waals surface area (Å²) in [6.45, 7) is 9.47. The van der Waals surface area contributed by atoms with Crippen molar-refractivity contribution in [3.8, 4) is 5.75 Å². The van der Waals surface area contributed by atoms with Crippen LogP contribution in [0.2, 0.25) is 0 Å². The van der Waals surface area contributed by atoms with Gasteiger partial charge in [0.15, 0.2) is 0 Å². The Labute approximate surface area is 111 Å². The van der Waals surface area contributed by atoms with E-state index in [4.69, 9.17) is 10.5 Å². The van der Waals surface area contributed by atoms with Crippen molar-refractivity contribution in [1.29, 1.82) is 0 Å². The molecule has 0 bridgehead atoms. The summed E-state index contributed by atoms with van der Waals surface area (Å²) < 4.78 is 5.63. The molecule has 0 fully saturated rings. The van der Waals surface area contributed by atoms with E-state index in [1.807, 2.05) is 18.2 Å². The summed E-state index contributed by atoms with van der Waals surface area (Å²) in [4.78, 5) is 0. The topological polar surface area (TPSA) is 47.3 Å². The molecule has 0 aliphatic carbocycles. The quantitative estimate of drug-likeness (QED) is 0.721. The molecule has 0 heterocycles. The van der Waals surface area contributed by atoms with Crippen LogP contribution in [0.4, 0.5) is 11.4 Å². The molecule has 2 atom stereocenters. The van der Waals surface area contributed by atoms with Crippen molar-refractivity contribution in [3.63, 3.8) is 0 Å². The lowest BCUT2D eigenvalue weighted by Gasteiger charge is -2.21. The van der Waals surface area contributed by atoms with E-state index in [0.29, 0.717) is 12.0 Å². The lowest BCUT2D eigenvalue weighted by atomic mass is 10.0. The van der Waals surface area contributed by atoms with Crippen LogP contribution in [0.25, 0.3) is 0 Å². The number of hydrogen-bond acceptors (Lipinski definition) is 3. The van der Waals surface area contributed by atoms with Gasteiger partial charge in [0.05, 0.1) is 6.61 Å². The monoisotopic (exact) mass is 250 g/mol. The van der Waals surface area contributed by atoms with Gasteiger partial charge in [-0.2, -0.15) is 0 Å². The van der Waals surface area contributed by atoms with E-state index in [2.05, 4.69) is 33.0 Å². The van der Waals surface area contributed by atoms with Crippen molar-refractivity contribution < 1.29 is 4.74 Å². The molecular formula is C15H26N2O. The first-order valence-corrected chi connectivity index (χ1v) is 6.86. The average Bonchev–Trinajstić information content (AvgIpc) is 2.34. The highest BCUT2D eigenvalue weighted by molar-refractivity contribution is 5.59. The maximum Gasteiger partial charge on any atom is 0.123 e. The standard InChI is InChI=1S/C15H26N2O/c1-5-7-18-15-9-13(16)8-14(10-15)17-12(4)11(3)6-2/h8-12,17H,5-7,16H2,1-4H3. The zero-order valence-electron chi connectivity index (χ0n) is 12.0. The summed E-state index contributed by atoms with van der Waals surface area (Å²) in [7, 11) is 0. The predicted molar refractivity (Wildman–Crippen MR) is 79.2 cm³/mol. The highest BCUT2D eigenvalue weighted by atomic mass is 16.5. The third-order valence-corrected chi connectivity index (χ3v) is 3.29. The van der Waals surface area contributed by atoms with Gasteiger partial charge in [-0.25, -0.2) is 0 Å². The van der Waals surface area contributed by atoms with Crippen molar-refractivity contribution in [2.75, 3.05) is 17.7 Å². The number of nitrogens with two attached hydrogens (primary N) is 1. The Morgan fingerprint density at radius 1 is 1.22 bits per heavy atom. The molecule has 3 nitrogen and oxygen atoms in total. The Bertz CT molecular complexity index is 366. The molecule has 0 aromatic heterocycles. The molecule has 1 aromatic rings. The molecule has 0 saturated heterocycles. The first kappa shape index (κ1) is 14.7. The molecule has 0 saturated carbocycles. The zero-order chi connectivity index (χ0) is 13.5. The molecule has 3 N–H and O–H groups in total. The van der Waals surface area contributed by atoms with Crippen molar-refractivity contribution in [2.24, 2.45) is 5.92 Å². The van der Waals surface area contributed by atoms with Crippen LogP contribution in [0.3, 0.4) is 0 Å². The molecule has 1 aromatic carbocycles. The van der Waals surface area contributed by atoms with Crippen molar-refractivity contribution in [2.45, 2.75) is 46.6 Å². The summed E-state index contributed by atoms with van der Waals surface area (Å²) in [5.41, 5.74) is 7.67. The normalized spacial score (nSPS) is 14.0. The van der Waals surface area contributed by atoms with Gasteiger partial charge in [0, 0.05) is 29.5 Å². The number of nitrogen functional groups attached to an aromatic ring is 1. The number of benzene rings is 1. The maximum atomic E-state index is 5.90. The van der Waals surface area contributed by atoms with Crippen LogP contribution in [0.15, 0.2) is 18.2 Å². The minimum absolute atomic E-state index is 0.427. The van der Waals surface area contributed by atoms with E-state index in [1.54, 1.807) is 0 Å². The van der Waals surface area contributed by atoms with Crippen LogP contribution >= 0.6 is 0 Å². The molecule has 0 amide bonds. The van der Waals surface area contributed by atoms with Crippen LogP contribution in [-0.4, -0.2) is 12.6 Å². The Hall–Kier alpha value is -1.38. The molecule has 0 aliphatic heterocycles. The molecule has 102 valence electrons. The molecule has 0 radical (unpaired) electrons. The van der Waals surface area contributed by atoms with Gasteiger partial charge < -0.3 is 15.8 Å². The molecule has 2 unspecified atom stereocenters. The number of rotatable bonds is 7. The number of nitrogens with one attached hydrogen (secondary N) is 1. The van der Waals surface area contributed by atoms with Gasteiger partial charge in [-0.3, -0.25) is 0 Å². The van der Waals surface area contributed by atoms with Gasteiger partial charge in [-0.05, 0) is 25.3 Å². The van der Waals surface area contributed by atoms with Gasteiger partial charge in [-0.15, -0.1) is 0 Å². The first-order valence-electron chi connectivity index (χ1n) is 6.86. The average molecular weight is 250 g/mol. The predicted octanol–water partition coefficient (Wildman–Crippen LogP) is 3.90. The fourth-order valence-corrected chi connectivity index (χ4v) is 1.77.